The van der Waals surface area contributed by atoms with Crippen molar-refractivity contribution in [3.05, 3.63) is 113 Å². The van der Waals surface area contributed by atoms with Crippen LogP contribution in [0, 0.1) is 6.07 Å². The first-order valence-corrected chi connectivity index (χ1v) is 22.9. The largest absolute Gasteiger partial charge is 0.184 e. The van der Waals surface area contributed by atoms with Crippen LogP contribution in [0.2, 0.25) is 0 Å². The molecule has 0 spiro atoms. The molecule has 0 N–H and O–H groups in total. The average molecular weight is 715 g/mol. The molecule has 1 aliphatic heterocycles. The quantitative estimate of drug-likeness (QED) is 0.126. The monoisotopic (exact) mass is 712 g/mol. The summed E-state index contributed by atoms with van der Waals surface area (Å²) in [6.07, 6.45) is 0. The summed E-state index contributed by atoms with van der Waals surface area (Å²) in [4.78, 5) is 0. The summed E-state index contributed by atoms with van der Waals surface area (Å²) in [7, 11) is 10.7. The van der Waals surface area contributed by atoms with Crippen LogP contribution in [0.3, 0.4) is 0 Å². The van der Waals surface area contributed by atoms with Crippen molar-refractivity contribution in [3.63, 3.8) is 0 Å². The van der Waals surface area contributed by atoms with Crippen molar-refractivity contribution in [1.29, 1.82) is 0 Å². The third-order valence-electron chi connectivity index (χ3n) is 8.34. The number of benzene rings is 4. The fourth-order valence-corrected chi connectivity index (χ4v) is 7.06. The topological polar surface area (TPSA) is 0 Å². The van der Waals surface area contributed by atoms with E-state index >= 15 is 0 Å². The van der Waals surface area contributed by atoms with Crippen molar-refractivity contribution in [2.45, 2.75) is 85.5 Å². The summed E-state index contributed by atoms with van der Waals surface area (Å²) in [6.45, 7) is 20.7. The Morgan fingerprint density at radius 3 is 1.95 bits per heavy atom. The molecule has 1 heterocycles. The summed E-state index contributed by atoms with van der Waals surface area (Å²) in [5.41, 5.74) is 11.5. The molecule has 5 aromatic rings. The standard InChI is InChI=1S/C28H37.C12H7Si.2ClH.Zr/c1-17(2)21-12-22(18(3)4)14-23(13-21)27-25(19(5)6)11-10-20-15-24(16-26(20)27)28(7,8)9;1-3-7-11-9(5-1)10-6-2-4-8-12(10)13-11;;;/h10-19H,1-9H3;1-7H;2*1H;/q2*-1;;;+4/p-2. The molecule has 1 aliphatic rings. The van der Waals surface area contributed by atoms with Gasteiger partial charge in [-0.15, -0.1) is 40.1 Å². The van der Waals surface area contributed by atoms with Crippen LogP contribution in [-0.2, 0) is 26.3 Å². The Hall–Kier alpha value is -1.83. The molecule has 0 aromatic heterocycles. The van der Waals surface area contributed by atoms with Crippen molar-refractivity contribution >= 4 is 47.7 Å². The van der Waals surface area contributed by atoms with Gasteiger partial charge >= 0.3 is 37.9 Å². The third-order valence-corrected chi connectivity index (χ3v) is 9.71. The summed E-state index contributed by atoms with van der Waals surface area (Å²) in [6, 6.07) is 34.9. The number of hydrogen-bond acceptors (Lipinski definition) is 0. The van der Waals surface area contributed by atoms with Gasteiger partial charge < -0.3 is 0 Å². The van der Waals surface area contributed by atoms with Crippen molar-refractivity contribution < 1.29 is 20.8 Å². The number of halogens is 2. The van der Waals surface area contributed by atoms with Crippen LogP contribution in [-0.4, -0.2) is 9.52 Å². The predicted octanol–water partition coefficient (Wildman–Crippen LogP) is 11.4. The zero-order chi connectivity index (χ0) is 32.2. The summed E-state index contributed by atoms with van der Waals surface area (Å²) < 4.78 is 0. The van der Waals surface area contributed by atoms with Crippen molar-refractivity contribution in [2.75, 3.05) is 0 Å². The smallest absolute Gasteiger partial charge is 0.0920 e. The average Bonchev–Trinajstić information content (AvgIpc) is 3.59. The van der Waals surface area contributed by atoms with E-state index in [9.17, 15) is 0 Å². The summed E-state index contributed by atoms with van der Waals surface area (Å²) in [5, 5.41) is 5.60. The zero-order valence-electron chi connectivity index (χ0n) is 27.6. The van der Waals surface area contributed by atoms with E-state index in [-0.39, 0.29) is 5.41 Å². The maximum absolute atomic E-state index is 4.93. The van der Waals surface area contributed by atoms with Gasteiger partial charge in [0.2, 0.25) is 0 Å². The normalized spacial score (nSPS) is 12.0. The molecule has 2 radical (unpaired) electrons. The Bertz CT molecular complexity index is 1640. The minimum Gasteiger partial charge on any atom is -0.184 e. The van der Waals surface area contributed by atoms with E-state index in [4.69, 9.17) is 17.0 Å². The van der Waals surface area contributed by atoms with E-state index in [1.54, 1.807) is 0 Å². The van der Waals surface area contributed by atoms with Crippen molar-refractivity contribution in [1.82, 2.24) is 0 Å². The molecule has 226 valence electrons. The fraction of sp³-hybridized carbons (Fsp3) is 0.325. The van der Waals surface area contributed by atoms with Crippen LogP contribution >= 0.6 is 17.0 Å². The van der Waals surface area contributed by atoms with E-state index in [1.165, 1.54) is 65.7 Å². The molecule has 0 saturated carbocycles. The van der Waals surface area contributed by atoms with Crippen LogP contribution in [0.5, 0.6) is 0 Å². The Morgan fingerprint density at radius 1 is 0.750 bits per heavy atom. The molecule has 6 rings (SSSR count). The van der Waals surface area contributed by atoms with Gasteiger partial charge in [0, 0.05) is 0 Å². The minimum atomic E-state index is -0.826. The van der Waals surface area contributed by atoms with E-state index in [0.717, 1.165) is 9.52 Å². The Labute approximate surface area is 287 Å². The maximum atomic E-state index is 4.93. The molecule has 5 aromatic carbocycles. The van der Waals surface area contributed by atoms with E-state index in [1.807, 2.05) is 6.07 Å². The van der Waals surface area contributed by atoms with E-state index < -0.39 is 20.8 Å². The SMILES string of the molecule is CC(C)c1cc(-c2c(C(C)C)ccc3[cH-]c(C(C)(C)C)cc23)cc(C(C)C)c1.[Cl][Zr+2][Cl].[c-]1cccc2c1[Si]c1ccccc1-2. The predicted molar refractivity (Wildman–Crippen MR) is 193 cm³/mol. The first-order valence-electron chi connectivity index (χ1n) is 15.6. The van der Waals surface area contributed by atoms with Crippen LogP contribution < -0.4 is 10.4 Å². The molecule has 0 fully saturated rings. The van der Waals surface area contributed by atoms with Gasteiger partial charge in [-0.25, -0.2) is 0 Å². The second-order valence-corrected chi connectivity index (χ2v) is 18.6. The van der Waals surface area contributed by atoms with Crippen molar-refractivity contribution in [3.8, 4) is 22.3 Å². The second kappa shape index (κ2) is 15.2. The van der Waals surface area contributed by atoms with E-state index in [0.29, 0.717) is 17.8 Å². The molecular weight excluding hydrogens is 671 g/mol. The molecule has 0 atom stereocenters. The summed E-state index contributed by atoms with van der Waals surface area (Å²) >= 11 is -0.826. The summed E-state index contributed by atoms with van der Waals surface area (Å²) in [5.74, 6) is 1.56. The van der Waals surface area contributed by atoms with Gasteiger partial charge in [0.1, 0.15) is 0 Å². The first kappa shape index (κ1) is 35.0. The maximum Gasteiger partial charge on any atom is 0.0920 e. The minimum absolute atomic E-state index is 0.164. The van der Waals surface area contributed by atoms with Crippen LogP contribution in [0.1, 0.15) is 102 Å². The first-order chi connectivity index (χ1) is 20.8. The molecule has 0 bridgehead atoms. The van der Waals surface area contributed by atoms with Crippen LogP contribution in [0.15, 0.2) is 84.9 Å². The molecule has 4 heteroatoms. The molecule has 0 amide bonds. The molecule has 0 nitrogen and oxygen atoms in total. The molecule has 0 saturated heterocycles. The van der Waals surface area contributed by atoms with Crippen LogP contribution in [0.25, 0.3) is 33.0 Å². The number of rotatable bonds is 4. The third kappa shape index (κ3) is 8.11. The van der Waals surface area contributed by atoms with Gasteiger partial charge in [-0.05, 0) is 39.9 Å². The van der Waals surface area contributed by atoms with Crippen LogP contribution in [0.4, 0.5) is 0 Å². The van der Waals surface area contributed by atoms with E-state index in [2.05, 4.69) is 147 Å². The molecule has 0 unspecified atom stereocenters. The molecule has 0 aliphatic carbocycles. The van der Waals surface area contributed by atoms with Gasteiger partial charge in [-0.3, -0.25) is 0 Å². The Balaban J connectivity index is 0.000000226. The van der Waals surface area contributed by atoms with Gasteiger partial charge in [0.25, 0.3) is 0 Å². The molecular formula is C40H44Cl2SiZr. The van der Waals surface area contributed by atoms with Gasteiger partial charge in [0.05, 0.1) is 9.52 Å². The number of fused-ring (bicyclic) bond motifs is 4. The number of hydrogen-bond donors (Lipinski definition) is 0. The van der Waals surface area contributed by atoms with Crippen molar-refractivity contribution in [2.24, 2.45) is 0 Å². The van der Waals surface area contributed by atoms with Gasteiger partial charge in [-0.2, -0.15) is 35.5 Å². The Morgan fingerprint density at radius 2 is 1.36 bits per heavy atom. The van der Waals surface area contributed by atoms with Gasteiger partial charge in [0.15, 0.2) is 0 Å². The fourth-order valence-electron chi connectivity index (χ4n) is 5.75. The second-order valence-electron chi connectivity index (χ2n) is 13.6. The van der Waals surface area contributed by atoms with Gasteiger partial charge in [-0.1, -0.05) is 127 Å². The zero-order valence-corrected chi connectivity index (χ0v) is 32.5. The molecule has 44 heavy (non-hydrogen) atoms. The Kier molecular flexibility index (Phi) is 12.1.